The molecule has 0 unspecified atom stereocenters. The summed E-state index contributed by atoms with van der Waals surface area (Å²) in [5, 5.41) is 4.35. The summed E-state index contributed by atoms with van der Waals surface area (Å²) in [4.78, 5) is 7.98. The minimum atomic E-state index is -0.224. The highest BCUT2D eigenvalue weighted by Gasteiger charge is 2.16. The number of methoxy groups -OCH3 is 1. The van der Waals surface area contributed by atoms with Crippen molar-refractivity contribution >= 4 is 17.4 Å². The number of fused-ring (bicyclic) bond motifs is 1. The van der Waals surface area contributed by atoms with Crippen molar-refractivity contribution in [2.45, 2.75) is 25.9 Å². The van der Waals surface area contributed by atoms with Crippen molar-refractivity contribution in [3.05, 3.63) is 17.5 Å². The van der Waals surface area contributed by atoms with E-state index in [2.05, 4.69) is 15.1 Å². The SMILES string of the molecule is COC(C)(C)CCOc1cc(Cl)nc2ncnn12. The van der Waals surface area contributed by atoms with Crippen LogP contribution in [0.25, 0.3) is 5.78 Å². The molecule has 98 valence electrons. The molecule has 0 saturated heterocycles. The van der Waals surface area contributed by atoms with Crippen LogP contribution in [0.4, 0.5) is 0 Å². The molecule has 7 heteroatoms. The smallest absolute Gasteiger partial charge is 0.256 e. The predicted molar refractivity (Wildman–Crippen MR) is 67.0 cm³/mol. The van der Waals surface area contributed by atoms with Crippen LogP contribution in [-0.2, 0) is 4.74 Å². The fourth-order valence-electron chi connectivity index (χ4n) is 1.36. The van der Waals surface area contributed by atoms with Gasteiger partial charge in [-0.25, -0.2) is 0 Å². The number of nitrogens with zero attached hydrogens (tertiary/aromatic N) is 4. The second-order valence-electron chi connectivity index (χ2n) is 4.45. The average molecular weight is 271 g/mol. The molecule has 2 aromatic heterocycles. The lowest BCUT2D eigenvalue weighted by Gasteiger charge is -2.22. The molecule has 2 aromatic rings. The summed E-state index contributed by atoms with van der Waals surface area (Å²) in [6.07, 6.45) is 2.16. The van der Waals surface area contributed by atoms with Gasteiger partial charge in [-0.05, 0) is 13.8 Å². The molecule has 6 nitrogen and oxygen atoms in total. The lowest BCUT2D eigenvalue weighted by molar-refractivity contribution is 0.00489. The Kier molecular flexibility index (Phi) is 3.68. The van der Waals surface area contributed by atoms with Crippen LogP contribution < -0.4 is 4.74 Å². The third kappa shape index (κ3) is 2.88. The first-order chi connectivity index (χ1) is 8.52. The van der Waals surface area contributed by atoms with Crippen LogP contribution >= 0.6 is 11.6 Å². The normalized spacial score (nSPS) is 12.0. The molecule has 0 bridgehead atoms. The van der Waals surface area contributed by atoms with Gasteiger partial charge in [0.2, 0.25) is 5.88 Å². The largest absolute Gasteiger partial charge is 0.477 e. The standard InChI is InChI=1S/C11H15ClN4O2/c1-11(2,17-3)4-5-18-9-6-8(12)15-10-13-7-14-16(9)10/h6-7H,4-5H2,1-3H3. The monoisotopic (exact) mass is 270 g/mol. The van der Waals surface area contributed by atoms with E-state index < -0.39 is 0 Å². The van der Waals surface area contributed by atoms with Crippen molar-refractivity contribution in [2.75, 3.05) is 13.7 Å². The van der Waals surface area contributed by atoms with E-state index in [-0.39, 0.29) is 5.60 Å². The molecule has 0 fully saturated rings. The first-order valence-electron chi connectivity index (χ1n) is 5.56. The van der Waals surface area contributed by atoms with Gasteiger partial charge in [-0.15, -0.1) is 0 Å². The van der Waals surface area contributed by atoms with Crippen molar-refractivity contribution in [3.63, 3.8) is 0 Å². The molecule has 0 aliphatic heterocycles. The second kappa shape index (κ2) is 5.07. The van der Waals surface area contributed by atoms with Gasteiger partial charge in [0.1, 0.15) is 11.5 Å². The van der Waals surface area contributed by atoms with Crippen molar-refractivity contribution in [2.24, 2.45) is 0 Å². The Labute approximate surface area is 110 Å². The predicted octanol–water partition coefficient (Wildman–Crippen LogP) is 1.97. The molecule has 0 amide bonds. The first-order valence-corrected chi connectivity index (χ1v) is 5.94. The summed E-state index contributed by atoms with van der Waals surface area (Å²) in [6.45, 7) is 4.50. The third-order valence-corrected chi connectivity index (χ3v) is 2.89. The second-order valence-corrected chi connectivity index (χ2v) is 4.84. The highest BCUT2D eigenvalue weighted by molar-refractivity contribution is 6.29. The van der Waals surface area contributed by atoms with E-state index in [4.69, 9.17) is 21.1 Å². The molecule has 0 spiro atoms. The van der Waals surface area contributed by atoms with Gasteiger partial charge >= 0.3 is 0 Å². The van der Waals surface area contributed by atoms with Crippen molar-refractivity contribution in [1.82, 2.24) is 19.6 Å². The van der Waals surface area contributed by atoms with Gasteiger partial charge in [0.05, 0.1) is 12.2 Å². The van der Waals surface area contributed by atoms with Gasteiger partial charge in [0, 0.05) is 19.6 Å². The molecule has 2 rings (SSSR count). The number of rotatable bonds is 5. The number of ether oxygens (including phenoxy) is 2. The Morgan fingerprint density at radius 1 is 1.44 bits per heavy atom. The minimum Gasteiger partial charge on any atom is -0.477 e. The van der Waals surface area contributed by atoms with E-state index in [9.17, 15) is 0 Å². The van der Waals surface area contributed by atoms with E-state index in [1.807, 2.05) is 13.8 Å². The molecule has 2 heterocycles. The summed E-state index contributed by atoms with van der Waals surface area (Å²) < 4.78 is 12.5. The number of aromatic nitrogens is 4. The number of halogens is 1. The van der Waals surface area contributed by atoms with Crippen LogP contribution in [-0.4, -0.2) is 38.9 Å². The third-order valence-electron chi connectivity index (χ3n) is 2.69. The zero-order chi connectivity index (χ0) is 13.2. The van der Waals surface area contributed by atoms with Gasteiger partial charge < -0.3 is 9.47 Å². The number of hydrogen-bond acceptors (Lipinski definition) is 5. The number of hydrogen-bond donors (Lipinski definition) is 0. The van der Waals surface area contributed by atoms with E-state index in [0.717, 1.165) is 6.42 Å². The highest BCUT2D eigenvalue weighted by Crippen LogP contribution is 2.18. The summed E-state index contributed by atoms with van der Waals surface area (Å²) in [5.74, 6) is 0.943. The van der Waals surface area contributed by atoms with Gasteiger partial charge in [0.15, 0.2) is 0 Å². The quantitative estimate of drug-likeness (QED) is 0.778. The van der Waals surface area contributed by atoms with Crippen molar-refractivity contribution in [1.29, 1.82) is 0 Å². The van der Waals surface area contributed by atoms with E-state index in [0.29, 0.717) is 23.4 Å². The molecule has 0 saturated carbocycles. The summed E-state index contributed by atoms with van der Waals surface area (Å²) in [6, 6.07) is 1.61. The lowest BCUT2D eigenvalue weighted by atomic mass is 10.1. The zero-order valence-electron chi connectivity index (χ0n) is 10.6. The maximum atomic E-state index is 5.88. The molecule has 0 aromatic carbocycles. The fourth-order valence-corrected chi connectivity index (χ4v) is 1.53. The van der Waals surface area contributed by atoms with E-state index >= 15 is 0 Å². The minimum absolute atomic E-state index is 0.224. The summed E-state index contributed by atoms with van der Waals surface area (Å²) in [5.41, 5.74) is -0.224. The maximum Gasteiger partial charge on any atom is 0.256 e. The van der Waals surface area contributed by atoms with Crippen LogP contribution in [0.1, 0.15) is 20.3 Å². The Bertz CT molecular complexity index is 541. The lowest BCUT2D eigenvalue weighted by Crippen LogP contribution is -2.25. The van der Waals surface area contributed by atoms with Crippen LogP contribution in [0.2, 0.25) is 5.15 Å². The molecule has 0 atom stereocenters. The molecular weight excluding hydrogens is 256 g/mol. The van der Waals surface area contributed by atoms with Gasteiger partial charge in [-0.2, -0.15) is 19.6 Å². The molecule has 18 heavy (non-hydrogen) atoms. The fraction of sp³-hybridized carbons (Fsp3) is 0.545. The van der Waals surface area contributed by atoms with Crippen LogP contribution in [0.3, 0.4) is 0 Å². The first kappa shape index (κ1) is 13.0. The molecule has 0 aliphatic rings. The van der Waals surface area contributed by atoms with Crippen molar-refractivity contribution < 1.29 is 9.47 Å². The highest BCUT2D eigenvalue weighted by atomic mass is 35.5. The summed E-state index contributed by atoms with van der Waals surface area (Å²) in [7, 11) is 1.68. The van der Waals surface area contributed by atoms with E-state index in [1.54, 1.807) is 13.2 Å². The van der Waals surface area contributed by atoms with Gasteiger partial charge in [-0.3, -0.25) is 0 Å². The molecule has 0 N–H and O–H groups in total. The Morgan fingerprint density at radius 3 is 2.94 bits per heavy atom. The molecular formula is C11H15ClN4O2. The topological polar surface area (TPSA) is 61.5 Å². The summed E-state index contributed by atoms with van der Waals surface area (Å²) >= 11 is 5.88. The maximum absolute atomic E-state index is 5.88. The van der Waals surface area contributed by atoms with Crippen molar-refractivity contribution in [3.8, 4) is 5.88 Å². The van der Waals surface area contributed by atoms with Crippen LogP contribution in [0, 0.1) is 0 Å². The average Bonchev–Trinajstić information content (AvgIpc) is 2.76. The van der Waals surface area contributed by atoms with Gasteiger partial charge in [-0.1, -0.05) is 11.6 Å². The Morgan fingerprint density at radius 2 is 2.22 bits per heavy atom. The molecule has 0 aliphatic carbocycles. The van der Waals surface area contributed by atoms with Crippen LogP contribution in [0.5, 0.6) is 5.88 Å². The van der Waals surface area contributed by atoms with Gasteiger partial charge in [0.25, 0.3) is 5.78 Å². The van der Waals surface area contributed by atoms with Crippen LogP contribution in [0.15, 0.2) is 12.4 Å². The zero-order valence-corrected chi connectivity index (χ0v) is 11.3. The molecule has 0 radical (unpaired) electrons. The van der Waals surface area contributed by atoms with E-state index in [1.165, 1.54) is 10.8 Å². The Hall–Kier alpha value is -1.40. The Balaban J connectivity index is 2.10.